The molecule has 0 aliphatic carbocycles. The molecule has 2 nitrogen and oxygen atoms in total. The average molecular weight is 200 g/mol. The maximum absolute atomic E-state index is 4.37. The van der Waals surface area contributed by atoms with Gasteiger partial charge in [0.15, 0.2) is 0 Å². The van der Waals surface area contributed by atoms with Gasteiger partial charge in [-0.05, 0) is 30.9 Å². The molecule has 0 radical (unpaired) electrons. The monoisotopic (exact) mass is 200 g/mol. The van der Waals surface area contributed by atoms with Crippen LogP contribution in [0.5, 0.6) is 0 Å². The first-order valence-corrected chi connectivity index (χ1v) is 5.40. The van der Waals surface area contributed by atoms with Crippen molar-refractivity contribution in [1.82, 2.24) is 4.98 Å². The Labute approximate surface area is 90.3 Å². The summed E-state index contributed by atoms with van der Waals surface area (Å²) >= 11 is 0. The van der Waals surface area contributed by atoms with Crippen LogP contribution in [0.25, 0.3) is 10.8 Å². The lowest BCUT2D eigenvalue weighted by molar-refractivity contribution is 0.972. The van der Waals surface area contributed by atoms with Gasteiger partial charge in [-0.2, -0.15) is 0 Å². The number of pyridine rings is 1. The summed E-state index contributed by atoms with van der Waals surface area (Å²) in [6.45, 7) is 5.24. The topological polar surface area (TPSA) is 24.9 Å². The van der Waals surface area contributed by atoms with E-state index in [0.29, 0.717) is 0 Å². The molecule has 0 saturated carbocycles. The quantitative estimate of drug-likeness (QED) is 0.821. The van der Waals surface area contributed by atoms with E-state index in [0.717, 1.165) is 18.8 Å². The number of hydrogen-bond donors (Lipinski definition) is 1. The number of rotatable bonds is 3. The van der Waals surface area contributed by atoms with Gasteiger partial charge in [-0.3, -0.25) is 0 Å². The fourth-order valence-corrected chi connectivity index (χ4v) is 1.67. The summed E-state index contributed by atoms with van der Waals surface area (Å²) in [6.07, 6.45) is 2.97. The Bertz CT molecular complexity index is 463. The van der Waals surface area contributed by atoms with Gasteiger partial charge in [-0.25, -0.2) is 4.98 Å². The largest absolute Gasteiger partial charge is 0.370 e. The van der Waals surface area contributed by atoms with Crippen molar-refractivity contribution in [3.63, 3.8) is 0 Å². The van der Waals surface area contributed by atoms with Crippen LogP contribution in [0.2, 0.25) is 0 Å². The van der Waals surface area contributed by atoms with Crippen LogP contribution in [0.1, 0.15) is 18.9 Å². The van der Waals surface area contributed by atoms with E-state index >= 15 is 0 Å². The van der Waals surface area contributed by atoms with Crippen molar-refractivity contribution in [1.29, 1.82) is 0 Å². The molecule has 1 aromatic carbocycles. The fourth-order valence-electron chi connectivity index (χ4n) is 1.67. The van der Waals surface area contributed by atoms with Crippen LogP contribution >= 0.6 is 0 Å². The number of fused-ring (bicyclic) bond motifs is 1. The van der Waals surface area contributed by atoms with Crippen molar-refractivity contribution < 1.29 is 0 Å². The Morgan fingerprint density at radius 1 is 1.27 bits per heavy atom. The Morgan fingerprint density at radius 2 is 2.13 bits per heavy atom. The second kappa shape index (κ2) is 4.30. The van der Waals surface area contributed by atoms with E-state index in [1.807, 2.05) is 12.3 Å². The van der Waals surface area contributed by atoms with E-state index in [1.54, 1.807) is 0 Å². The zero-order valence-corrected chi connectivity index (χ0v) is 9.25. The fraction of sp³-hybridized carbons (Fsp3) is 0.308. The van der Waals surface area contributed by atoms with E-state index in [2.05, 4.69) is 42.3 Å². The molecule has 0 spiro atoms. The lowest BCUT2D eigenvalue weighted by Crippen LogP contribution is -2.02. The van der Waals surface area contributed by atoms with E-state index in [4.69, 9.17) is 0 Å². The normalized spacial score (nSPS) is 10.5. The summed E-state index contributed by atoms with van der Waals surface area (Å²) in [5.41, 5.74) is 1.27. The van der Waals surface area contributed by atoms with Crippen LogP contribution < -0.4 is 5.32 Å². The highest BCUT2D eigenvalue weighted by Gasteiger charge is 2.00. The minimum atomic E-state index is 0.972. The lowest BCUT2D eigenvalue weighted by atomic mass is 10.1. The number of aryl methyl sites for hydroxylation is 1. The summed E-state index contributed by atoms with van der Waals surface area (Å²) < 4.78 is 0. The van der Waals surface area contributed by atoms with Crippen LogP contribution in [-0.4, -0.2) is 11.5 Å². The molecule has 0 unspecified atom stereocenters. The summed E-state index contributed by atoms with van der Waals surface area (Å²) in [7, 11) is 0. The first-order valence-electron chi connectivity index (χ1n) is 5.40. The standard InChI is InChI=1S/C13H16N2/c1-3-7-14-13-12-9-10(2)4-5-11(12)6-8-15-13/h4-6,8-9H,3,7H2,1-2H3,(H,14,15). The summed E-state index contributed by atoms with van der Waals surface area (Å²) in [6, 6.07) is 8.50. The molecule has 1 heterocycles. The Hall–Kier alpha value is -1.57. The second-order valence-corrected chi connectivity index (χ2v) is 3.81. The summed E-state index contributed by atoms with van der Waals surface area (Å²) in [5, 5.41) is 5.81. The van der Waals surface area contributed by atoms with Crippen molar-refractivity contribution in [2.75, 3.05) is 11.9 Å². The number of hydrogen-bond acceptors (Lipinski definition) is 2. The zero-order valence-electron chi connectivity index (χ0n) is 9.25. The Morgan fingerprint density at radius 3 is 2.93 bits per heavy atom. The van der Waals surface area contributed by atoms with Gasteiger partial charge in [0.05, 0.1) is 0 Å². The molecular formula is C13H16N2. The van der Waals surface area contributed by atoms with Gasteiger partial charge in [0.2, 0.25) is 0 Å². The van der Waals surface area contributed by atoms with Gasteiger partial charge in [-0.15, -0.1) is 0 Å². The smallest absolute Gasteiger partial charge is 0.133 e. The van der Waals surface area contributed by atoms with E-state index in [1.165, 1.54) is 16.3 Å². The molecule has 0 saturated heterocycles. The van der Waals surface area contributed by atoms with Crippen molar-refractivity contribution in [2.24, 2.45) is 0 Å². The Balaban J connectivity index is 2.48. The number of benzene rings is 1. The van der Waals surface area contributed by atoms with Crippen molar-refractivity contribution in [2.45, 2.75) is 20.3 Å². The molecule has 0 atom stereocenters. The van der Waals surface area contributed by atoms with E-state index in [-0.39, 0.29) is 0 Å². The predicted octanol–water partition coefficient (Wildman–Crippen LogP) is 3.37. The van der Waals surface area contributed by atoms with Crippen LogP contribution in [0.4, 0.5) is 5.82 Å². The van der Waals surface area contributed by atoms with Crippen LogP contribution in [-0.2, 0) is 0 Å². The number of aromatic nitrogens is 1. The van der Waals surface area contributed by atoms with Crippen molar-refractivity contribution in [3.8, 4) is 0 Å². The molecule has 0 fully saturated rings. The average Bonchev–Trinajstić information content (AvgIpc) is 2.26. The first kappa shape index (κ1) is 9.97. The highest BCUT2D eigenvalue weighted by atomic mass is 15.0. The van der Waals surface area contributed by atoms with Crippen molar-refractivity contribution in [3.05, 3.63) is 36.0 Å². The zero-order chi connectivity index (χ0) is 10.7. The molecule has 2 aromatic rings. The van der Waals surface area contributed by atoms with Gasteiger partial charge in [-0.1, -0.05) is 24.6 Å². The molecule has 0 aliphatic heterocycles. The van der Waals surface area contributed by atoms with Crippen molar-refractivity contribution >= 4 is 16.6 Å². The van der Waals surface area contributed by atoms with E-state index in [9.17, 15) is 0 Å². The minimum Gasteiger partial charge on any atom is -0.370 e. The molecule has 2 heteroatoms. The summed E-state index contributed by atoms with van der Waals surface area (Å²) in [5.74, 6) is 0.998. The maximum Gasteiger partial charge on any atom is 0.133 e. The molecule has 1 aromatic heterocycles. The SMILES string of the molecule is CCCNc1nccc2ccc(C)cc12. The molecule has 78 valence electrons. The van der Waals surface area contributed by atoms with Crippen LogP contribution in [0.15, 0.2) is 30.5 Å². The third-order valence-corrected chi connectivity index (χ3v) is 2.46. The third-order valence-electron chi connectivity index (χ3n) is 2.46. The Kier molecular flexibility index (Phi) is 2.86. The van der Waals surface area contributed by atoms with Gasteiger partial charge in [0, 0.05) is 18.1 Å². The third kappa shape index (κ3) is 2.09. The molecule has 0 amide bonds. The first-order chi connectivity index (χ1) is 7.31. The number of nitrogens with zero attached hydrogens (tertiary/aromatic N) is 1. The maximum atomic E-state index is 4.37. The molecule has 0 aliphatic rings. The molecular weight excluding hydrogens is 184 g/mol. The highest BCUT2D eigenvalue weighted by Crippen LogP contribution is 2.21. The van der Waals surface area contributed by atoms with Gasteiger partial charge in [0.1, 0.15) is 5.82 Å². The predicted molar refractivity (Wildman–Crippen MR) is 65.3 cm³/mol. The van der Waals surface area contributed by atoms with Crippen LogP contribution in [0.3, 0.4) is 0 Å². The summed E-state index contributed by atoms with van der Waals surface area (Å²) in [4.78, 5) is 4.37. The molecule has 0 bridgehead atoms. The number of anilines is 1. The number of nitrogens with one attached hydrogen (secondary N) is 1. The highest BCUT2D eigenvalue weighted by molar-refractivity contribution is 5.92. The van der Waals surface area contributed by atoms with Gasteiger partial charge >= 0.3 is 0 Å². The van der Waals surface area contributed by atoms with Crippen LogP contribution in [0, 0.1) is 6.92 Å². The van der Waals surface area contributed by atoms with Gasteiger partial charge < -0.3 is 5.32 Å². The van der Waals surface area contributed by atoms with E-state index < -0.39 is 0 Å². The second-order valence-electron chi connectivity index (χ2n) is 3.81. The molecule has 1 N–H and O–H groups in total. The molecule has 15 heavy (non-hydrogen) atoms. The van der Waals surface area contributed by atoms with Gasteiger partial charge in [0.25, 0.3) is 0 Å². The lowest BCUT2D eigenvalue weighted by Gasteiger charge is -2.07. The molecule has 2 rings (SSSR count). The minimum absolute atomic E-state index is 0.972.